The zero-order chi connectivity index (χ0) is 14.1. The molecule has 1 aliphatic rings. The third-order valence-electron chi connectivity index (χ3n) is 3.78. The minimum atomic E-state index is 0.181. The van der Waals surface area contributed by atoms with Crippen LogP contribution >= 0.6 is 0 Å². The number of rotatable bonds is 2. The van der Waals surface area contributed by atoms with Gasteiger partial charge in [-0.05, 0) is 37.6 Å². The fraction of sp³-hybridized carbons (Fsp3) is 0.333. The molecule has 2 aromatic heterocycles. The van der Waals surface area contributed by atoms with E-state index in [1.165, 1.54) is 12.8 Å². The Balaban J connectivity index is 1.67. The Bertz CT molecular complexity index is 763. The van der Waals surface area contributed by atoms with E-state index in [4.69, 9.17) is 4.52 Å². The summed E-state index contributed by atoms with van der Waals surface area (Å²) in [7, 11) is 0. The zero-order valence-corrected chi connectivity index (χ0v) is 11.5. The van der Waals surface area contributed by atoms with Crippen LogP contribution in [0, 0.1) is 0 Å². The predicted octanol–water partition coefficient (Wildman–Crippen LogP) is 2.49. The van der Waals surface area contributed by atoms with E-state index in [0.29, 0.717) is 11.7 Å². The molecule has 0 saturated carbocycles. The molecule has 1 N–H and O–H groups in total. The van der Waals surface area contributed by atoms with Crippen molar-refractivity contribution >= 4 is 11.0 Å². The average Bonchev–Trinajstić information content (AvgIpc) is 3.05. The molecule has 0 radical (unpaired) electrons. The summed E-state index contributed by atoms with van der Waals surface area (Å²) in [6, 6.07) is 5.98. The van der Waals surface area contributed by atoms with E-state index in [1.54, 1.807) is 12.4 Å². The number of benzene rings is 1. The maximum absolute atomic E-state index is 5.41. The van der Waals surface area contributed by atoms with Gasteiger partial charge in [0, 0.05) is 18.0 Å². The molecule has 1 saturated heterocycles. The van der Waals surface area contributed by atoms with Gasteiger partial charge in [0.15, 0.2) is 0 Å². The van der Waals surface area contributed by atoms with Crippen molar-refractivity contribution in [1.29, 1.82) is 0 Å². The van der Waals surface area contributed by atoms with E-state index in [2.05, 4.69) is 25.4 Å². The van der Waals surface area contributed by atoms with Crippen LogP contribution < -0.4 is 5.32 Å². The summed E-state index contributed by atoms with van der Waals surface area (Å²) >= 11 is 0. The second-order valence-electron chi connectivity index (χ2n) is 5.22. The molecule has 0 aliphatic carbocycles. The molecule has 1 atom stereocenters. The van der Waals surface area contributed by atoms with Gasteiger partial charge < -0.3 is 9.84 Å². The van der Waals surface area contributed by atoms with Crippen molar-refractivity contribution in [3.8, 4) is 11.4 Å². The highest BCUT2D eigenvalue weighted by atomic mass is 16.5. The highest BCUT2D eigenvalue weighted by Gasteiger charge is 2.21. The molecular weight excluding hydrogens is 266 g/mol. The molecule has 1 fully saturated rings. The van der Waals surface area contributed by atoms with Crippen molar-refractivity contribution in [3.63, 3.8) is 0 Å². The van der Waals surface area contributed by atoms with Gasteiger partial charge in [-0.3, -0.25) is 9.97 Å². The molecule has 0 spiro atoms. The third-order valence-corrected chi connectivity index (χ3v) is 3.78. The Labute approximate surface area is 121 Å². The first-order valence-electron chi connectivity index (χ1n) is 7.18. The van der Waals surface area contributed by atoms with Gasteiger partial charge >= 0.3 is 0 Å². The topological polar surface area (TPSA) is 76.7 Å². The van der Waals surface area contributed by atoms with Gasteiger partial charge in [0.1, 0.15) is 0 Å². The molecule has 4 rings (SSSR count). The highest BCUT2D eigenvalue weighted by molar-refractivity contribution is 5.79. The zero-order valence-electron chi connectivity index (χ0n) is 11.5. The summed E-state index contributed by atoms with van der Waals surface area (Å²) in [6.07, 6.45) is 6.82. The van der Waals surface area contributed by atoms with Crippen LogP contribution in [0.4, 0.5) is 0 Å². The van der Waals surface area contributed by atoms with E-state index in [1.807, 2.05) is 18.2 Å². The van der Waals surface area contributed by atoms with Crippen molar-refractivity contribution in [2.45, 2.75) is 25.3 Å². The summed E-state index contributed by atoms with van der Waals surface area (Å²) in [5.74, 6) is 1.27. The minimum absolute atomic E-state index is 0.181. The second kappa shape index (κ2) is 5.21. The Morgan fingerprint density at radius 2 is 2.00 bits per heavy atom. The Morgan fingerprint density at radius 1 is 1.10 bits per heavy atom. The molecular formula is C15H15N5O. The number of hydrogen-bond acceptors (Lipinski definition) is 6. The predicted molar refractivity (Wildman–Crippen MR) is 77.4 cm³/mol. The van der Waals surface area contributed by atoms with Crippen LogP contribution in [0.5, 0.6) is 0 Å². The van der Waals surface area contributed by atoms with Crippen molar-refractivity contribution in [2.24, 2.45) is 0 Å². The first kappa shape index (κ1) is 12.4. The van der Waals surface area contributed by atoms with Crippen LogP contribution in [0.15, 0.2) is 35.1 Å². The van der Waals surface area contributed by atoms with E-state index in [9.17, 15) is 0 Å². The second-order valence-corrected chi connectivity index (χ2v) is 5.22. The fourth-order valence-electron chi connectivity index (χ4n) is 2.66. The first-order valence-corrected chi connectivity index (χ1v) is 7.18. The van der Waals surface area contributed by atoms with Gasteiger partial charge in [-0.1, -0.05) is 11.6 Å². The molecule has 1 aliphatic heterocycles. The van der Waals surface area contributed by atoms with Gasteiger partial charge in [-0.15, -0.1) is 0 Å². The van der Waals surface area contributed by atoms with Crippen molar-refractivity contribution in [3.05, 3.63) is 36.5 Å². The van der Waals surface area contributed by atoms with Crippen LogP contribution in [-0.2, 0) is 0 Å². The lowest BCUT2D eigenvalue weighted by Gasteiger charge is -2.19. The van der Waals surface area contributed by atoms with E-state index >= 15 is 0 Å². The molecule has 0 unspecified atom stereocenters. The van der Waals surface area contributed by atoms with Gasteiger partial charge in [-0.25, -0.2) is 0 Å². The minimum Gasteiger partial charge on any atom is -0.337 e. The highest BCUT2D eigenvalue weighted by Crippen LogP contribution is 2.25. The summed E-state index contributed by atoms with van der Waals surface area (Å²) < 4.78 is 5.41. The summed E-state index contributed by atoms with van der Waals surface area (Å²) in [5, 5.41) is 7.51. The molecule has 21 heavy (non-hydrogen) atoms. The average molecular weight is 281 g/mol. The van der Waals surface area contributed by atoms with Crippen LogP contribution in [0.3, 0.4) is 0 Å². The maximum atomic E-state index is 5.41. The quantitative estimate of drug-likeness (QED) is 0.777. The van der Waals surface area contributed by atoms with E-state index < -0.39 is 0 Å². The molecule has 6 heteroatoms. The van der Waals surface area contributed by atoms with Gasteiger partial charge in [0.05, 0.1) is 17.1 Å². The normalized spacial score (nSPS) is 19.0. The molecule has 3 heterocycles. The standard InChI is InChI=1S/C15H15N5O/c1-2-6-16-12(3-1)15-19-14(20-21-15)10-4-5-11-13(9-10)18-8-7-17-11/h4-5,7-9,12,16H,1-3,6H2/t12-/m0/s1. The van der Waals surface area contributed by atoms with Crippen molar-refractivity contribution in [2.75, 3.05) is 6.54 Å². The Kier molecular flexibility index (Phi) is 3.08. The number of hydrogen-bond donors (Lipinski definition) is 1. The number of nitrogens with zero attached hydrogens (tertiary/aromatic N) is 4. The van der Waals surface area contributed by atoms with Crippen LogP contribution in [-0.4, -0.2) is 26.7 Å². The number of aromatic nitrogens is 4. The fourth-order valence-corrected chi connectivity index (χ4v) is 2.66. The van der Waals surface area contributed by atoms with Gasteiger partial charge in [-0.2, -0.15) is 4.98 Å². The van der Waals surface area contributed by atoms with E-state index in [-0.39, 0.29) is 6.04 Å². The number of piperidine rings is 1. The number of fused-ring (bicyclic) bond motifs is 1. The third kappa shape index (κ3) is 2.38. The maximum Gasteiger partial charge on any atom is 0.244 e. The number of nitrogens with one attached hydrogen (secondary N) is 1. The molecule has 0 bridgehead atoms. The summed E-state index contributed by atoms with van der Waals surface area (Å²) in [6.45, 7) is 1.01. The van der Waals surface area contributed by atoms with Crippen LogP contribution in [0.1, 0.15) is 31.2 Å². The van der Waals surface area contributed by atoms with Crippen LogP contribution in [0.2, 0.25) is 0 Å². The molecule has 6 nitrogen and oxygen atoms in total. The van der Waals surface area contributed by atoms with Gasteiger partial charge in [0.25, 0.3) is 0 Å². The molecule has 1 aromatic carbocycles. The SMILES string of the molecule is c1cnc2cc(-c3noc([C@@H]4CCCCN4)n3)ccc2n1. The van der Waals surface area contributed by atoms with Gasteiger partial charge in [0.2, 0.25) is 11.7 Å². The first-order chi connectivity index (χ1) is 10.4. The summed E-state index contributed by atoms with van der Waals surface area (Å²) in [4.78, 5) is 13.1. The lowest BCUT2D eigenvalue weighted by Crippen LogP contribution is -2.26. The van der Waals surface area contributed by atoms with Crippen molar-refractivity contribution in [1.82, 2.24) is 25.4 Å². The monoisotopic (exact) mass is 281 g/mol. The Morgan fingerprint density at radius 3 is 2.86 bits per heavy atom. The smallest absolute Gasteiger partial charge is 0.244 e. The van der Waals surface area contributed by atoms with Crippen LogP contribution in [0.25, 0.3) is 22.4 Å². The summed E-state index contributed by atoms with van der Waals surface area (Å²) in [5.41, 5.74) is 2.59. The molecule has 0 amide bonds. The van der Waals surface area contributed by atoms with Crippen molar-refractivity contribution < 1.29 is 4.52 Å². The Hall–Kier alpha value is -2.34. The molecule has 3 aromatic rings. The lowest BCUT2D eigenvalue weighted by molar-refractivity contribution is 0.297. The van der Waals surface area contributed by atoms with E-state index in [0.717, 1.165) is 29.6 Å². The lowest BCUT2D eigenvalue weighted by atomic mass is 10.1. The largest absolute Gasteiger partial charge is 0.337 e. The molecule has 106 valence electrons.